The molecule has 15 heavy (non-hydrogen) atoms. The zero-order chi connectivity index (χ0) is 11.3. The lowest BCUT2D eigenvalue weighted by Crippen LogP contribution is -2.52. The largest absolute Gasteiger partial charge is 0.383 e. The van der Waals surface area contributed by atoms with Gasteiger partial charge in [-0.3, -0.25) is 9.69 Å². The minimum absolute atomic E-state index is 0.0568. The Labute approximate surface area is 91.2 Å². The normalized spacial score (nSPS) is 20.3. The molecule has 5 heteroatoms. The van der Waals surface area contributed by atoms with E-state index < -0.39 is 0 Å². The minimum Gasteiger partial charge on any atom is -0.383 e. The molecule has 0 radical (unpaired) electrons. The van der Waals surface area contributed by atoms with Gasteiger partial charge in [-0.2, -0.15) is 0 Å². The fraction of sp³-hybridized carbons (Fsp3) is 0.900. The highest BCUT2D eigenvalue weighted by Gasteiger charge is 2.22. The summed E-state index contributed by atoms with van der Waals surface area (Å²) in [6.07, 6.45) is 0. The smallest absolute Gasteiger partial charge is 0.239 e. The van der Waals surface area contributed by atoms with Gasteiger partial charge in [0.1, 0.15) is 0 Å². The number of hydrogen-bond donors (Lipinski definition) is 1. The van der Waals surface area contributed by atoms with Gasteiger partial charge in [-0.05, 0) is 6.92 Å². The molecule has 1 heterocycles. The van der Waals surface area contributed by atoms with Gasteiger partial charge in [-0.15, -0.1) is 0 Å². The summed E-state index contributed by atoms with van der Waals surface area (Å²) in [6.45, 7) is 6.83. The molecule has 0 unspecified atom stereocenters. The molecule has 1 saturated heterocycles. The first kappa shape index (κ1) is 12.4. The predicted octanol–water partition coefficient (Wildman–Crippen LogP) is -0.876. The third kappa shape index (κ3) is 3.77. The fourth-order valence-corrected chi connectivity index (χ4v) is 1.70. The number of amides is 1. The summed E-state index contributed by atoms with van der Waals surface area (Å²) >= 11 is 0. The Morgan fingerprint density at radius 2 is 2.00 bits per heavy atom. The molecule has 0 saturated carbocycles. The molecule has 1 aliphatic heterocycles. The van der Waals surface area contributed by atoms with Gasteiger partial charge >= 0.3 is 0 Å². The first-order chi connectivity index (χ1) is 7.15. The molecule has 2 N–H and O–H groups in total. The summed E-state index contributed by atoms with van der Waals surface area (Å²) in [7, 11) is 1.70. The quantitative estimate of drug-likeness (QED) is 0.662. The molecule has 0 aromatic heterocycles. The van der Waals surface area contributed by atoms with Crippen LogP contribution in [0.2, 0.25) is 0 Å². The van der Waals surface area contributed by atoms with E-state index in [0.29, 0.717) is 0 Å². The summed E-state index contributed by atoms with van der Waals surface area (Å²) in [5.41, 5.74) is 5.56. The predicted molar refractivity (Wildman–Crippen MR) is 58.5 cm³/mol. The van der Waals surface area contributed by atoms with Gasteiger partial charge in [0.25, 0.3) is 0 Å². The van der Waals surface area contributed by atoms with Crippen molar-refractivity contribution in [1.82, 2.24) is 9.80 Å². The topological polar surface area (TPSA) is 58.8 Å². The summed E-state index contributed by atoms with van der Waals surface area (Å²) in [5, 5.41) is 0. The van der Waals surface area contributed by atoms with Crippen molar-refractivity contribution in [2.75, 3.05) is 46.4 Å². The molecule has 5 nitrogen and oxygen atoms in total. The molecule has 1 fully saturated rings. The number of hydrogen-bond acceptors (Lipinski definition) is 4. The highest BCUT2D eigenvalue weighted by atomic mass is 16.5. The number of rotatable bonds is 4. The molecule has 1 atom stereocenters. The molecule has 0 aromatic carbocycles. The van der Waals surface area contributed by atoms with Crippen LogP contribution in [0, 0.1) is 0 Å². The van der Waals surface area contributed by atoms with Gasteiger partial charge in [0.15, 0.2) is 0 Å². The lowest BCUT2D eigenvalue weighted by molar-refractivity contribution is -0.134. The Morgan fingerprint density at radius 1 is 1.40 bits per heavy atom. The van der Waals surface area contributed by atoms with Crippen LogP contribution in [-0.4, -0.2) is 68.2 Å². The van der Waals surface area contributed by atoms with Crippen molar-refractivity contribution in [2.45, 2.75) is 13.0 Å². The maximum absolute atomic E-state index is 11.6. The summed E-state index contributed by atoms with van der Waals surface area (Å²) < 4.78 is 5.01. The van der Waals surface area contributed by atoms with Gasteiger partial charge in [0.2, 0.25) is 5.91 Å². The van der Waals surface area contributed by atoms with E-state index in [9.17, 15) is 4.79 Å². The lowest BCUT2D eigenvalue weighted by atomic mass is 10.2. The monoisotopic (exact) mass is 215 g/mol. The molecule has 1 amide bonds. The van der Waals surface area contributed by atoms with Gasteiger partial charge in [-0.1, -0.05) is 0 Å². The number of carbonyl (C=O) groups is 1. The summed E-state index contributed by atoms with van der Waals surface area (Å²) in [4.78, 5) is 15.7. The molecule has 0 bridgehead atoms. The first-order valence-electron chi connectivity index (χ1n) is 5.41. The SMILES string of the molecule is COCCN1CCN(C(=O)[C@H](C)N)CC1. The molecular weight excluding hydrogens is 194 g/mol. The van der Waals surface area contributed by atoms with Crippen LogP contribution in [0.5, 0.6) is 0 Å². The van der Waals surface area contributed by atoms with Crippen molar-refractivity contribution in [3.8, 4) is 0 Å². The second-order valence-electron chi connectivity index (χ2n) is 3.95. The van der Waals surface area contributed by atoms with Gasteiger partial charge in [0.05, 0.1) is 12.6 Å². The van der Waals surface area contributed by atoms with E-state index >= 15 is 0 Å². The molecular formula is C10H21N3O2. The fourth-order valence-electron chi connectivity index (χ4n) is 1.70. The Kier molecular flexibility index (Phi) is 5.01. The van der Waals surface area contributed by atoms with Crippen molar-refractivity contribution in [3.63, 3.8) is 0 Å². The average Bonchev–Trinajstić information content (AvgIpc) is 2.26. The third-order valence-corrected chi connectivity index (χ3v) is 2.69. The third-order valence-electron chi connectivity index (χ3n) is 2.69. The van der Waals surface area contributed by atoms with Crippen molar-refractivity contribution < 1.29 is 9.53 Å². The molecule has 0 aliphatic carbocycles. The van der Waals surface area contributed by atoms with E-state index in [4.69, 9.17) is 10.5 Å². The highest BCUT2D eigenvalue weighted by Crippen LogP contribution is 2.02. The number of nitrogens with two attached hydrogens (primary N) is 1. The maximum Gasteiger partial charge on any atom is 0.239 e. The maximum atomic E-state index is 11.6. The molecule has 0 spiro atoms. The van der Waals surface area contributed by atoms with Crippen LogP contribution >= 0.6 is 0 Å². The zero-order valence-corrected chi connectivity index (χ0v) is 9.61. The Hall–Kier alpha value is -0.650. The molecule has 1 aliphatic rings. The molecule has 88 valence electrons. The van der Waals surface area contributed by atoms with E-state index in [-0.39, 0.29) is 11.9 Å². The van der Waals surface area contributed by atoms with Crippen LogP contribution in [0.25, 0.3) is 0 Å². The summed E-state index contributed by atoms with van der Waals surface area (Å²) in [5.74, 6) is 0.0568. The lowest BCUT2D eigenvalue weighted by Gasteiger charge is -2.35. The second-order valence-corrected chi connectivity index (χ2v) is 3.95. The van der Waals surface area contributed by atoms with Crippen LogP contribution in [0.15, 0.2) is 0 Å². The van der Waals surface area contributed by atoms with Crippen molar-refractivity contribution in [2.24, 2.45) is 5.73 Å². The Balaban J connectivity index is 2.26. The molecule has 0 aromatic rings. The minimum atomic E-state index is -0.379. The first-order valence-corrected chi connectivity index (χ1v) is 5.41. The zero-order valence-electron chi connectivity index (χ0n) is 9.61. The van der Waals surface area contributed by atoms with Crippen LogP contribution in [0.1, 0.15) is 6.92 Å². The van der Waals surface area contributed by atoms with Crippen LogP contribution in [-0.2, 0) is 9.53 Å². The van der Waals surface area contributed by atoms with Crippen LogP contribution in [0.4, 0.5) is 0 Å². The Bertz CT molecular complexity index is 201. The summed E-state index contributed by atoms with van der Waals surface area (Å²) in [6, 6.07) is -0.379. The van der Waals surface area contributed by atoms with Crippen molar-refractivity contribution >= 4 is 5.91 Å². The van der Waals surface area contributed by atoms with Gasteiger partial charge < -0.3 is 15.4 Å². The number of ether oxygens (including phenoxy) is 1. The second kappa shape index (κ2) is 6.05. The number of piperazine rings is 1. The number of carbonyl (C=O) groups excluding carboxylic acids is 1. The van der Waals surface area contributed by atoms with Gasteiger partial charge in [0, 0.05) is 39.8 Å². The van der Waals surface area contributed by atoms with E-state index in [1.807, 2.05) is 4.90 Å². The van der Waals surface area contributed by atoms with Crippen molar-refractivity contribution in [1.29, 1.82) is 0 Å². The van der Waals surface area contributed by atoms with Crippen molar-refractivity contribution in [3.05, 3.63) is 0 Å². The van der Waals surface area contributed by atoms with Crippen LogP contribution in [0.3, 0.4) is 0 Å². The van der Waals surface area contributed by atoms with Gasteiger partial charge in [-0.25, -0.2) is 0 Å². The standard InChI is InChI=1S/C10H21N3O2/c1-9(11)10(14)13-5-3-12(4-6-13)7-8-15-2/h9H,3-8,11H2,1-2H3/t9-/m0/s1. The Morgan fingerprint density at radius 3 is 2.47 bits per heavy atom. The van der Waals surface area contributed by atoms with E-state index in [1.54, 1.807) is 14.0 Å². The molecule has 1 rings (SSSR count). The van der Waals surface area contributed by atoms with E-state index in [2.05, 4.69) is 4.90 Å². The van der Waals surface area contributed by atoms with Crippen LogP contribution < -0.4 is 5.73 Å². The number of nitrogens with zero attached hydrogens (tertiary/aromatic N) is 2. The van der Waals surface area contributed by atoms with E-state index in [0.717, 1.165) is 39.3 Å². The highest BCUT2D eigenvalue weighted by molar-refractivity contribution is 5.81. The number of methoxy groups -OCH3 is 1. The average molecular weight is 215 g/mol. The van der Waals surface area contributed by atoms with E-state index in [1.165, 1.54) is 0 Å².